The molecule has 0 bridgehead atoms. The van der Waals surface area contributed by atoms with Crippen LogP contribution in [-0.4, -0.2) is 43.3 Å². The van der Waals surface area contributed by atoms with E-state index in [1.165, 1.54) is 25.3 Å². The maximum absolute atomic E-state index is 13.2. The van der Waals surface area contributed by atoms with Gasteiger partial charge in [-0.25, -0.2) is 8.42 Å². The first-order valence-corrected chi connectivity index (χ1v) is 10.3. The Morgan fingerprint density at radius 1 is 1.21 bits per heavy atom. The van der Waals surface area contributed by atoms with Crippen molar-refractivity contribution in [2.75, 3.05) is 13.7 Å². The fourth-order valence-electron chi connectivity index (χ4n) is 3.31. The number of esters is 1. The normalized spacial score (nSPS) is 17.4. The number of aryl methyl sites for hydroxylation is 1. The molecule has 0 saturated carbocycles. The number of carbonyl (C=O) groups is 1. The molecule has 3 rings (SSSR count). The minimum absolute atomic E-state index is 0.00800. The molecule has 0 radical (unpaired) electrons. The Balaban J connectivity index is 2.02. The molecule has 1 heterocycles. The summed E-state index contributed by atoms with van der Waals surface area (Å²) in [5, 5.41) is 11.1. The lowest BCUT2D eigenvalue weighted by Crippen LogP contribution is -2.47. The highest BCUT2D eigenvalue weighted by molar-refractivity contribution is 7.89. The lowest BCUT2D eigenvalue weighted by atomic mass is 9.97. The van der Waals surface area contributed by atoms with Crippen molar-refractivity contribution in [3.63, 3.8) is 0 Å². The summed E-state index contributed by atoms with van der Waals surface area (Å²) < 4.78 is 32.3. The SMILES string of the molecule is COC(=O)C1CC=C(c2ccc([N+](=O)[O-])c(C)c2)CN1S(=O)(=O)c1ccccc1. The zero-order valence-corrected chi connectivity index (χ0v) is 16.8. The highest BCUT2D eigenvalue weighted by Gasteiger charge is 2.39. The van der Waals surface area contributed by atoms with E-state index in [1.807, 2.05) is 0 Å². The predicted octanol–water partition coefficient (Wildman–Crippen LogP) is 2.92. The Labute approximate surface area is 168 Å². The van der Waals surface area contributed by atoms with Crippen LogP contribution in [-0.2, 0) is 19.6 Å². The van der Waals surface area contributed by atoms with E-state index in [0.29, 0.717) is 16.7 Å². The van der Waals surface area contributed by atoms with Crippen molar-refractivity contribution in [2.45, 2.75) is 24.3 Å². The first-order valence-electron chi connectivity index (χ1n) is 8.85. The molecule has 0 fully saturated rings. The van der Waals surface area contributed by atoms with Crippen LogP contribution in [0.3, 0.4) is 0 Å². The Morgan fingerprint density at radius 3 is 2.48 bits per heavy atom. The van der Waals surface area contributed by atoms with Crippen molar-refractivity contribution in [3.8, 4) is 0 Å². The average Bonchev–Trinajstić information content (AvgIpc) is 2.73. The van der Waals surface area contributed by atoms with Gasteiger partial charge in [-0.3, -0.25) is 14.9 Å². The number of nitrogens with zero attached hydrogens (tertiary/aromatic N) is 2. The molecule has 0 amide bonds. The predicted molar refractivity (Wildman–Crippen MR) is 107 cm³/mol. The van der Waals surface area contributed by atoms with Crippen LogP contribution in [0, 0.1) is 17.0 Å². The van der Waals surface area contributed by atoms with Gasteiger partial charge in [0.25, 0.3) is 5.69 Å². The highest BCUT2D eigenvalue weighted by atomic mass is 32.2. The van der Waals surface area contributed by atoms with Gasteiger partial charge in [-0.05, 0) is 48.7 Å². The van der Waals surface area contributed by atoms with Crippen molar-refractivity contribution in [1.29, 1.82) is 0 Å². The van der Waals surface area contributed by atoms with Gasteiger partial charge in [0.1, 0.15) is 6.04 Å². The van der Waals surface area contributed by atoms with Gasteiger partial charge in [0.15, 0.2) is 0 Å². The first kappa shape index (κ1) is 20.7. The number of ether oxygens (including phenoxy) is 1. The van der Waals surface area contributed by atoms with E-state index in [4.69, 9.17) is 4.74 Å². The molecule has 0 aliphatic carbocycles. The number of nitro groups is 1. The molecule has 0 spiro atoms. The van der Waals surface area contributed by atoms with Crippen LogP contribution in [0.4, 0.5) is 5.69 Å². The number of carbonyl (C=O) groups excluding carboxylic acids is 1. The molecule has 152 valence electrons. The molecule has 1 aliphatic rings. The minimum atomic E-state index is -3.96. The fourth-order valence-corrected chi connectivity index (χ4v) is 4.90. The van der Waals surface area contributed by atoms with Crippen LogP contribution in [0.1, 0.15) is 17.5 Å². The second-order valence-electron chi connectivity index (χ2n) is 6.63. The van der Waals surface area contributed by atoms with Crippen LogP contribution in [0.25, 0.3) is 5.57 Å². The summed E-state index contributed by atoms with van der Waals surface area (Å²) in [5.41, 5.74) is 1.81. The van der Waals surface area contributed by atoms with Crippen molar-refractivity contribution in [1.82, 2.24) is 4.31 Å². The zero-order chi connectivity index (χ0) is 21.2. The minimum Gasteiger partial charge on any atom is -0.468 e. The second-order valence-corrected chi connectivity index (χ2v) is 8.52. The zero-order valence-electron chi connectivity index (χ0n) is 15.9. The van der Waals surface area contributed by atoms with Gasteiger partial charge < -0.3 is 4.74 Å². The molecule has 1 unspecified atom stereocenters. The van der Waals surface area contributed by atoms with Crippen molar-refractivity contribution in [3.05, 3.63) is 75.8 Å². The molecule has 8 nitrogen and oxygen atoms in total. The number of hydrogen-bond donors (Lipinski definition) is 0. The number of sulfonamides is 1. The van der Waals surface area contributed by atoms with E-state index in [-0.39, 0.29) is 23.5 Å². The van der Waals surface area contributed by atoms with Gasteiger partial charge in [-0.2, -0.15) is 4.31 Å². The van der Waals surface area contributed by atoms with Gasteiger partial charge >= 0.3 is 5.97 Å². The Morgan fingerprint density at radius 2 is 1.90 bits per heavy atom. The Bertz CT molecular complexity index is 1080. The third-order valence-electron chi connectivity index (χ3n) is 4.85. The van der Waals surface area contributed by atoms with Crippen molar-refractivity contribution < 1.29 is 22.9 Å². The Hall–Kier alpha value is -3.04. The van der Waals surface area contributed by atoms with Gasteiger partial charge in [-0.15, -0.1) is 0 Å². The molecule has 1 aliphatic heterocycles. The summed E-state index contributed by atoms with van der Waals surface area (Å²) in [5.74, 6) is -0.639. The average molecular weight is 416 g/mol. The molecule has 1 atom stereocenters. The summed E-state index contributed by atoms with van der Waals surface area (Å²) in [6, 6.07) is 11.5. The maximum atomic E-state index is 13.2. The van der Waals surface area contributed by atoms with Gasteiger partial charge in [0.2, 0.25) is 10.0 Å². The van der Waals surface area contributed by atoms with E-state index in [9.17, 15) is 23.3 Å². The Kier molecular flexibility index (Phi) is 5.81. The second kappa shape index (κ2) is 8.14. The number of nitro benzene ring substituents is 1. The topological polar surface area (TPSA) is 107 Å². The summed E-state index contributed by atoms with van der Waals surface area (Å²) in [6.07, 6.45) is 1.92. The number of methoxy groups -OCH3 is 1. The van der Waals surface area contributed by atoms with Crippen LogP contribution in [0.5, 0.6) is 0 Å². The third kappa shape index (κ3) is 4.06. The smallest absolute Gasteiger partial charge is 0.324 e. The standard InChI is InChI=1S/C20H20N2O6S/c1-14-12-15(8-10-18(14)22(24)25)16-9-11-19(20(23)28-2)21(13-16)29(26,27)17-6-4-3-5-7-17/h3-10,12,19H,11,13H2,1-2H3. The number of rotatable bonds is 5. The molecule has 2 aromatic rings. The monoisotopic (exact) mass is 416 g/mol. The molecular formula is C20H20N2O6S. The van der Waals surface area contributed by atoms with Crippen LogP contribution in [0.15, 0.2) is 59.5 Å². The van der Waals surface area contributed by atoms with Crippen LogP contribution < -0.4 is 0 Å². The molecule has 2 aromatic carbocycles. The summed E-state index contributed by atoms with van der Waals surface area (Å²) in [7, 11) is -2.74. The molecular weight excluding hydrogens is 396 g/mol. The van der Waals surface area contributed by atoms with E-state index in [0.717, 1.165) is 4.31 Å². The van der Waals surface area contributed by atoms with E-state index in [2.05, 4.69) is 0 Å². The van der Waals surface area contributed by atoms with E-state index >= 15 is 0 Å². The van der Waals surface area contributed by atoms with Crippen molar-refractivity contribution >= 4 is 27.3 Å². The molecule has 0 N–H and O–H groups in total. The molecule has 0 saturated heterocycles. The highest BCUT2D eigenvalue weighted by Crippen LogP contribution is 2.31. The van der Waals surface area contributed by atoms with E-state index < -0.39 is 27.0 Å². The van der Waals surface area contributed by atoms with Crippen LogP contribution >= 0.6 is 0 Å². The molecule has 9 heteroatoms. The summed E-state index contributed by atoms with van der Waals surface area (Å²) in [6.45, 7) is 1.58. The van der Waals surface area contributed by atoms with Gasteiger partial charge in [0, 0.05) is 18.2 Å². The summed E-state index contributed by atoms with van der Waals surface area (Å²) >= 11 is 0. The lowest BCUT2D eigenvalue weighted by molar-refractivity contribution is -0.385. The number of benzene rings is 2. The fraction of sp³-hybridized carbons (Fsp3) is 0.250. The van der Waals surface area contributed by atoms with Gasteiger partial charge in [0.05, 0.1) is 16.9 Å². The number of hydrogen-bond acceptors (Lipinski definition) is 6. The molecule has 0 aromatic heterocycles. The maximum Gasteiger partial charge on any atom is 0.324 e. The quantitative estimate of drug-likeness (QED) is 0.421. The van der Waals surface area contributed by atoms with Crippen LogP contribution in [0.2, 0.25) is 0 Å². The third-order valence-corrected chi connectivity index (χ3v) is 6.72. The van der Waals surface area contributed by atoms with Crippen molar-refractivity contribution in [2.24, 2.45) is 0 Å². The summed E-state index contributed by atoms with van der Waals surface area (Å²) in [4.78, 5) is 22.9. The lowest BCUT2D eigenvalue weighted by Gasteiger charge is -2.33. The molecule has 29 heavy (non-hydrogen) atoms. The van der Waals surface area contributed by atoms with E-state index in [1.54, 1.807) is 43.3 Å². The van der Waals surface area contributed by atoms with Gasteiger partial charge in [-0.1, -0.05) is 24.3 Å². The largest absolute Gasteiger partial charge is 0.468 e. The first-order chi connectivity index (χ1) is 13.8.